The fourth-order valence-corrected chi connectivity index (χ4v) is 9.45. The first-order valence-corrected chi connectivity index (χ1v) is 22.5. The number of rotatable bonds is 9. The molecule has 3 N–H and O–H groups in total. The van der Waals surface area contributed by atoms with Gasteiger partial charge in [0.25, 0.3) is 5.91 Å². The molecule has 11 nitrogen and oxygen atoms in total. The second-order valence-corrected chi connectivity index (χ2v) is 16.7. The summed E-state index contributed by atoms with van der Waals surface area (Å²) in [6, 6.07) is 51.9. The number of aromatic amines is 3. The minimum absolute atomic E-state index is 0.259. The average molecular weight is 907 g/mol. The molecule has 69 heavy (non-hydrogen) atoms. The van der Waals surface area contributed by atoms with Crippen LogP contribution < -0.4 is 29.3 Å². The van der Waals surface area contributed by atoms with Crippen molar-refractivity contribution in [3.8, 4) is 67.5 Å². The highest BCUT2D eigenvalue weighted by molar-refractivity contribution is 6.48. The summed E-state index contributed by atoms with van der Waals surface area (Å²) in [5.41, 5.74) is 14.1. The third-order valence-corrected chi connectivity index (χ3v) is 12.7. The van der Waals surface area contributed by atoms with E-state index in [0.717, 1.165) is 94.6 Å². The van der Waals surface area contributed by atoms with Gasteiger partial charge in [0.15, 0.2) is 0 Å². The van der Waals surface area contributed by atoms with Crippen LogP contribution in [0.2, 0.25) is 0 Å². The van der Waals surface area contributed by atoms with Crippen LogP contribution in [0.3, 0.4) is 0 Å². The maximum Gasteiger partial charge on any atom is 0.282 e. The van der Waals surface area contributed by atoms with Crippen LogP contribution in [0.25, 0.3) is 95.2 Å². The van der Waals surface area contributed by atoms with Gasteiger partial charge in [0.05, 0.1) is 62.1 Å². The van der Waals surface area contributed by atoms with Crippen LogP contribution in [0.15, 0.2) is 163 Å². The lowest BCUT2D eigenvalue weighted by Gasteiger charge is -2.11. The lowest BCUT2D eigenvalue weighted by molar-refractivity contribution is -0.112. The Bertz CT molecular complexity index is 3790. The molecule has 0 atom stereocenters. The number of hydrogen-bond acceptors (Lipinski definition) is 7. The summed E-state index contributed by atoms with van der Waals surface area (Å²) in [6.07, 6.45) is 4.13. The Morgan fingerprint density at radius 2 is 0.884 bits per heavy atom. The predicted octanol–water partition coefficient (Wildman–Crippen LogP) is 12.3. The van der Waals surface area contributed by atoms with E-state index in [4.69, 9.17) is 29.0 Å². The molecule has 2 aliphatic rings. The van der Waals surface area contributed by atoms with Crippen LogP contribution in [0.1, 0.15) is 18.3 Å². The second kappa shape index (κ2) is 17.6. The molecule has 0 saturated heterocycles. The first-order chi connectivity index (χ1) is 33.8. The molecule has 0 unspecified atom stereocenters. The topological polar surface area (TPSA) is 130 Å². The minimum Gasteiger partial charge on any atom is -0.497 e. The van der Waals surface area contributed by atoms with Crippen molar-refractivity contribution in [1.82, 2.24) is 19.9 Å². The highest BCUT2D eigenvalue weighted by Gasteiger charge is 2.31. The van der Waals surface area contributed by atoms with Crippen LogP contribution in [-0.4, -0.2) is 60.0 Å². The Morgan fingerprint density at radius 3 is 1.36 bits per heavy atom. The van der Waals surface area contributed by atoms with Gasteiger partial charge in [-0.05, 0) is 132 Å². The number of carbonyl (C=O) groups excluding carboxylic acids is 1. The van der Waals surface area contributed by atoms with E-state index in [1.807, 2.05) is 110 Å². The lowest BCUT2D eigenvalue weighted by atomic mass is 10.00. The quantitative estimate of drug-likeness (QED) is 0.132. The Kier molecular flexibility index (Phi) is 10.9. The largest absolute Gasteiger partial charge is 0.497 e. The van der Waals surface area contributed by atoms with Gasteiger partial charge in [-0.25, -0.2) is 4.98 Å². The van der Waals surface area contributed by atoms with E-state index in [0.29, 0.717) is 39.6 Å². The van der Waals surface area contributed by atoms with Gasteiger partial charge in [-0.1, -0.05) is 66.7 Å². The summed E-state index contributed by atoms with van der Waals surface area (Å²) in [5, 5.41) is 7.71. The molecule has 0 fully saturated rings. The summed E-state index contributed by atoms with van der Waals surface area (Å²) in [6.45, 7) is 1.88. The number of aromatic nitrogens is 4. The normalized spacial score (nSPS) is 13.5. The third-order valence-electron chi connectivity index (χ3n) is 12.7. The highest BCUT2D eigenvalue weighted by atomic mass is 16.5. The lowest BCUT2D eigenvalue weighted by Crippen LogP contribution is -2.25. The highest BCUT2D eigenvalue weighted by Crippen LogP contribution is 2.40. The Hall–Kier alpha value is -9.09. The first-order valence-electron chi connectivity index (χ1n) is 22.5. The zero-order valence-electron chi connectivity index (χ0n) is 38.5. The number of benzene rings is 5. The summed E-state index contributed by atoms with van der Waals surface area (Å²) >= 11 is 0. The monoisotopic (exact) mass is 906 g/mol. The molecular weight excluding hydrogens is 861 g/mol. The Labute approximate surface area is 397 Å². The van der Waals surface area contributed by atoms with Crippen molar-refractivity contribution >= 4 is 68.0 Å². The van der Waals surface area contributed by atoms with Gasteiger partial charge in [-0.2, -0.15) is 10.1 Å². The maximum atomic E-state index is 15.0. The van der Waals surface area contributed by atoms with Crippen LogP contribution in [-0.2, 0) is 4.79 Å². The van der Waals surface area contributed by atoms with E-state index in [1.165, 1.54) is 5.01 Å². The molecule has 11 heteroatoms. The average Bonchev–Trinajstić information content (AvgIpc) is 4.26. The van der Waals surface area contributed by atoms with E-state index in [1.54, 1.807) is 28.4 Å². The van der Waals surface area contributed by atoms with Crippen molar-refractivity contribution in [2.75, 3.05) is 33.4 Å². The van der Waals surface area contributed by atoms with Gasteiger partial charge in [-0.15, -0.1) is 0 Å². The van der Waals surface area contributed by atoms with Crippen LogP contribution in [0.5, 0.6) is 23.0 Å². The molecule has 4 aromatic heterocycles. The molecule has 0 saturated carbocycles. The molecule has 338 valence electrons. The number of amides is 1. The molecule has 1 amide bonds. The predicted molar refractivity (Wildman–Crippen MR) is 278 cm³/mol. The van der Waals surface area contributed by atoms with Gasteiger partial charge >= 0.3 is 0 Å². The maximum absolute atomic E-state index is 15.0. The molecule has 9 aromatic rings. The molecule has 2 aliphatic heterocycles. The summed E-state index contributed by atoms with van der Waals surface area (Å²) in [7, 11) is 6.66. The Balaban J connectivity index is 1.38. The molecule has 11 rings (SSSR count). The van der Waals surface area contributed by atoms with Crippen LogP contribution >= 0.6 is 0 Å². The minimum atomic E-state index is -0.259. The molecule has 0 spiro atoms. The fourth-order valence-electron chi connectivity index (χ4n) is 9.45. The number of anilines is 1. The molecule has 6 heterocycles. The number of nitrogens with one attached hydrogen (secondary N) is 3. The summed E-state index contributed by atoms with van der Waals surface area (Å²) < 4.78 is 23.2. The van der Waals surface area contributed by atoms with Gasteiger partial charge in [0, 0.05) is 55.2 Å². The number of H-pyrrole nitrogens is 3. The van der Waals surface area contributed by atoms with Crippen molar-refractivity contribution in [2.45, 2.75) is 6.92 Å². The number of hydrogen-bond donors (Lipinski definition) is 3. The van der Waals surface area contributed by atoms with Crippen molar-refractivity contribution in [1.29, 1.82) is 0 Å². The van der Waals surface area contributed by atoms with Gasteiger partial charge in [0.2, 0.25) is 0 Å². The van der Waals surface area contributed by atoms with Gasteiger partial charge < -0.3 is 33.9 Å². The molecule has 0 radical (unpaired) electrons. The Morgan fingerprint density at radius 1 is 0.449 bits per heavy atom. The number of ether oxygens (including phenoxy) is 4. The number of nitrogens with zero attached hydrogens (tertiary/aromatic N) is 3. The molecule has 8 bridgehead atoms. The number of para-hydroxylation sites is 1. The smallest absolute Gasteiger partial charge is 0.282 e. The van der Waals surface area contributed by atoms with Crippen LogP contribution in [0.4, 0.5) is 5.69 Å². The van der Waals surface area contributed by atoms with Gasteiger partial charge in [0.1, 0.15) is 23.0 Å². The number of methoxy groups -OCH3 is 4. The summed E-state index contributed by atoms with van der Waals surface area (Å²) in [4.78, 5) is 32.0. The van der Waals surface area contributed by atoms with E-state index < -0.39 is 0 Å². The fraction of sp³-hybridized carbons (Fsp3) is 0.0862. The molecule has 5 aromatic carbocycles. The number of hydrazone groups is 1. The SMILES string of the molecule is COc1cccc(-c2c3nc(c(-c4cccc(OC)c4)c4ccc([nH]4)c(-c4cccc(OC)c4)c4cc([nH]/c4=C4\C(=O)N(c5ccccc5)N=C4C)c(-c4cccc(OC)c4)c4ccc2[nH]4)C=C3)c1. The van der Waals surface area contributed by atoms with E-state index in [2.05, 4.69) is 81.7 Å². The first kappa shape index (κ1) is 42.5. The van der Waals surface area contributed by atoms with E-state index in [9.17, 15) is 4.79 Å². The number of fused-ring (bicyclic) bond motifs is 8. The van der Waals surface area contributed by atoms with Crippen molar-refractivity contribution in [3.63, 3.8) is 0 Å². The van der Waals surface area contributed by atoms with Crippen molar-refractivity contribution in [2.24, 2.45) is 5.10 Å². The zero-order chi connectivity index (χ0) is 47.2. The standard InChI is InChI=1S/C58H46N6O5/c1-34-52(58(65)64(63-34)39-17-7-6-8-18-39)57-44-33-51(62-57)56(38-16-12-22-43(32-38)69-5)50-28-27-49(61-50)55(37-15-11-21-42(31-37)68-4)48-26-25-47(60-48)54(36-14-10-20-41(30-36)67-3)46-24-23-45(59-46)53(44)35-13-9-19-40(29-35)66-2/h6-33,59,61-62H,1-5H3/b53-44?,53-45?,54-46?,54-47?,55-48?,55-49?,56-50?,56-51?,57-52-. The molecule has 0 aliphatic carbocycles. The van der Waals surface area contributed by atoms with Crippen LogP contribution in [0, 0.1) is 0 Å². The zero-order valence-corrected chi connectivity index (χ0v) is 38.5. The number of carbonyl (C=O) groups is 1. The van der Waals surface area contributed by atoms with E-state index >= 15 is 0 Å². The van der Waals surface area contributed by atoms with E-state index in [-0.39, 0.29) is 5.91 Å². The summed E-state index contributed by atoms with van der Waals surface area (Å²) in [5.74, 6) is 2.54. The molecular formula is C58H46N6O5. The second-order valence-electron chi connectivity index (χ2n) is 16.7. The third kappa shape index (κ3) is 7.65. The van der Waals surface area contributed by atoms with Crippen molar-refractivity contribution < 1.29 is 23.7 Å². The van der Waals surface area contributed by atoms with Gasteiger partial charge in [-0.3, -0.25) is 4.79 Å². The van der Waals surface area contributed by atoms with Crippen molar-refractivity contribution in [3.05, 3.63) is 174 Å².